The van der Waals surface area contributed by atoms with E-state index < -0.39 is 17.5 Å². The van der Waals surface area contributed by atoms with Crippen molar-refractivity contribution >= 4 is 23.6 Å². The Morgan fingerprint density at radius 1 is 1.29 bits per heavy atom. The predicted octanol–water partition coefficient (Wildman–Crippen LogP) is 3.10. The molecule has 114 valence electrons. The number of carboxylic acid groups (broad SMARTS) is 1. The van der Waals surface area contributed by atoms with E-state index in [4.69, 9.17) is 11.6 Å². The number of benzene rings is 1. The van der Waals surface area contributed by atoms with E-state index in [-0.39, 0.29) is 6.04 Å². The number of carboxylic acids is 1. The SMILES string of the molecule is CC(NC(=O)NC1(C(=O)O)CCCC1)c1ccccc1Cl. The Bertz CT molecular complexity index is 541. The first-order chi connectivity index (χ1) is 9.94. The number of nitrogens with one attached hydrogen (secondary N) is 2. The highest BCUT2D eigenvalue weighted by Crippen LogP contribution is 2.30. The van der Waals surface area contributed by atoms with Crippen LogP contribution in [0.3, 0.4) is 0 Å². The van der Waals surface area contributed by atoms with Crippen LogP contribution in [0.4, 0.5) is 4.79 Å². The van der Waals surface area contributed by atoms with Gasteiger partial charge in [0.05, 0.1) is 6.04 Å². The maximum absolute atomic E-state index is 12.1. The summed E-state index contributed by atoms with van der Waals surface area (Å²) in [5, 5.41) is 15.3. The van der Waals surface area contributed by atoms with E-state index in [1.807, 2.05) is 25.1 Å². The van der Waals surface area contributed by atoms with Crippen LogP contribution in [-0.2, 0) is 4.79 Å². The second-order valence-corrected chi connectivity index (χ2v) is 5.84. The number of rotatable bonds is 4. The van der Waals surface area contributed by atoms with Gasteiger partial charge in [-0.05, 0) is 31.4 Å². The Hall–Kier alpha value is -1.75. The minimum absolute atomic E-state index is 0.300. The monoisotopic (exact) mass is 310 g/mol. The zero-order chi connectivity index (χ0) is 15.5. The van der Waals surface area contributed by atoms with Crippen molar-refractivity contribution in [1.29, 1.82) is 0 Å². The van der Waals surface area contributed by atoms with Crippen molar-refractivity contribution in [2.45, 2.75) is 44.2 Å². The molecule has 0 spiro atoms. The number of hydrogen-bond acceptors (Lipinski definition) is 2. The summed E-state index contributed by atoms with van der Waals surface area (Å²) in [5.41, 5.74) is -0.338. The summed E-state index contributed by atoms with van der Waals surface area (Å²) >= 11 is 6.08. The van der Waals surface area contributed by atoms with Gasteiger partial charge in [0.2, 0.25) is 0 Å². The zero-order valence-corrected chi connectivity index (χ0v) is 12.6. The molecular weight excluding hydrogens is 292 g/mol. The van der Waals surface area contributed by atoms with Crippen LogP contribution in [0, 0.1) is 0 Å². The van der Waals surface area contributed by atoms with Crippen molar-refractivity contribution in [3.8, 4) is 0 Å². The first-order valence-electron chi connectivity index (χ1n) is 7.01. The van der Waals surface area contributed by atoms with Crippen LogP contribution >= 0.6 is 11.6 Å². The third-order valence-electron chi connectivity index (χ3n) is 3.94. The standard InChI is InChI=1S/C15H19ClN2O3/c1-10(11-6-2-3-7-12(11)16)17-14(21)18-15(13(19)20)8-4-5-9-15/h2-3,6-7,10H,4-5,8-9H2,1H3,(H,19,20)(H2,17,18,21). The van der Waals surface area contributed by atoms with E-state index in [1.165, 1.54) is 0 Å². The van der Waals surface area contributed by atoms with E-state index in [2.05, 4.69) is 10.6 Å². The van der Waals surface area contributed by atoms with Crippen LogP contribution in [0.1, 0.15) is 44.2 Å². The summed E-state index contributed by atoms with van der Waals surface area (Å²) in [6, 6.07) is 6.46. The number of urea groups is 1. The first-order valence-corrected chi connectivity index (χ1v) is 7.39. The van der Waals surface area contributed by atoms with Gasteiger partial charge in [-0.1, -0.05) is 42.6 Å². The van der Waals surface area contributed by atoms with Gasteiger partial charge in [-0.3, -0.25) is 0 Å². The van der Waals surface area contributed by atoms with Crippen molar-refractivity contribution < 1.29 is 14.7 Å². The molecule has 1 atom stereocenters. The van der Waals surface area contributed by atoms with Gasteiger partial charge < -0.3 is 15.7 Å². The molecule has 21 heavy (non-hydrogen) atoms. The number of aliphatic carboxylic acids is 1. The molecule has 1 unspecified atom stereocenters. The van der Waals surface area contributed by atoms with Crippen molar-refractivity contribution in [1.82, 2.24) is 10.6 Å². The maximum atomic E-state index is 12.1. The van der Waals surface area contributed by atoms with Crippen molar-refractivity contribution in [3.05, 3.63) is 34.9 Å². The van der Waals surface area contributed by atoms with E-state index in [9.17, 15) is 14.7 Å². The maximum Gasteiger partial charge on any atom is 0.329 e. The number of hydrogen-bond donors (Lipinski definition) is 3. The summed E-state index contributed by atoms with van der Waals surface area (Å²) in [4.78, 5) is 23.5. The zero-order valence-electron chi connectivity index (χ0n) is 11.9. The average molecular weight is 311 g/mol. The molecule has 1 fully saturated rings. The number of carbonyl (C=O) groups is 2. The van der Waals surface area contributed by atoms with Crippen LogP contribution in [0.15, 0.2) is 24.3 Å². The fourth-order valence-electron chi connectivity index (χ4n) is 2.72. The third-order valence-corrected chi connectivity index (χ3v) is 4.28. The molecule has 1 aromatic rings. The molecule has 0 saturated heterocycles. The highest BCUT2D eigenvalue weighted by Gasteiger charge is 2.42. The molecule has 2 rings (SSSR count). The fourth-order valence-corrected chi connectivity index (χ4v) is 3.02. The van der Waals surface area contributed by atoms with E-state index in [0.29, 0.717) is 17.9 Å². The van der Waals surface area contributed by atoms with Crippen LogP contribution in [0.2, 0.25) is 5.02 Å². The van der Waals surface area contributed by atoms with E-state index in [1.54, 1.807) is 6.07 Å². The van der Waals surface area contributed by atoms with Crippen LogP contribution in [-0.4, -0.2) is 22.6 Å². The lowest BCUT2D eigenvalue weighted by Gasteiger charge is -2.26. The number of halogens is 1. The van der Waals surface area contributed by atoms with Crippen LogP contribution < -0.4 is 10.6 Å². The fraction of sp³-hybridized carbons (Fsp3) is 0.467. The van der Waals surface area contributed by atoms with Crippen LogP contribution in [0.5, 0.6) is 0 Å². The Labute approximate surface area is 128 Å². The van der Waals surface area contributed by atoms with Gasteiger partial charge in [-0.25, -0.2) is 9.59 Å². The van der Waals surface area contributed by atoms with E-state index >= 15 is 0 Å². The van der Waals surface area contributed by atoms with Crippen molar-refractivity contribution in [3.63, 3.8) is 0 Å². The molecule has 0 aliphatic heterocycles. The Kier molecular flexibility index (Phi) is 4.73. The van der Waals surface area contributed by atoms with Gasteiger partial charge in [-0.2, -0.15) is 0 Å². The summed E-state index contributed by atoms with van der Waals surface area (Å²) in [7, 11) is 0. The van der Waals surface area contributed by atoms with Crippen molar-refractivity contribution in [2.24, 2.45) is 0 Å². The van der Waals surface area contributed by atoms with Gasteiger partial charge in [-0.15, -0.1) is 0 Å². The summed E-state index contributed by atoms with van der Waals surface area (Å²) in [6.07, 6.45) is 2.56. The quantitative estimate of drug-likeness (QED) is 0.799. The molecule has 0 heterocycles. The number of amides is 2. The molecule has 3 N–H and O–H groups in total. The van der Waals surface area contributed by atoms with Gasteiger partial charge in [0, 0.05) is 5.02 Å². The highest BCUT2D eigenvalue weighted by molar-refractivity contribution is 6.31. The van der Waals surface area contributed by atoms with Gasteiger partial charge >= 0.3 is 12.0 Å². The third kappa shape index (κ3) is 3.47. The lowest BCUT2D eigenvalue weighted by Crippen LogP contribution is -2.55. The summed E-state index contributed by atoms with van der Waals surface area (Å²) < 4.78 is 0. The van der Waals surface area contributed by atoms with Gasteiger partial charge in [0.1, 0.15) is 5.54 Å². The summed E-state index contributed by atoms with van der Waals surface area (Å²) in [5.74, 6) is -0.972. The molecule has 1 aliphatic rings. The minimum atomic E-state index is -1.13. The molecule has 1 aliphatic carbocycles. The largest absolute Gasteiger partial charge is 0.480 e. The Balaban J connectivity index is 2.01. The summed E-state index contributed by atoms with van der Waals surface area (Å²) in [6.45, 7) is 1.81. The number of carbonyl (C=O) groups excluding carboxylic acids is 1. The first kappa shape index (κ1) is 15.6. The molecule has 0 aromatic heterocycles. The van der Waals surface area contributed by atoms with Crippen LogP contribution in [0.25, 0.3) is 0 Å². The average Bonchev–Trinajstić information content (AvgIpc) is 2.88. The molecule has 1 aromatic carbocycles. The second-order valence-electron chi connectivity index (χ2n) is 5.44. The molecule has 0 radical (unpaired) electrons. The molecule has 2 amide bonds. The molecule has 1 saturated carbocycles. The molecule has 0 bridgehead atoms. The Morgan fingerprint density at radius 2 is 1.90 bits per heavy atom. The smallest absolute Gasteiger partial charge is 0.329 e. The molecule has 6 heteroatoms. The van der Waals surface area contributed by atoms with Crippen molar-refractivity contribution in [2.75, 3.05) is 0 Å². The molecular formula is C15H19ClN2O3. The van der Waals surface area contributed by atoms with E-state index in [0.717, 1.165) is 18.4 Å². The lowest BCUT2D eigenvalue weighted by molar-refractivity contribution is -0.144. The van der Waals surface area contributed by atoms with Gasteiger partial charge in [0.25, 0.3) is 0 Å². The lowest BCUT2D eigenvalue weighted by atomic mass is 9.98. The van der Waals surface area contributed by atoms with Gasteiger partial charge in [0.15, 0.2) is 0 Å². The second kappa shape index (κ2) is 6.35. The highest BCUT2D eigenvalue weighted by atomic mass is 35.5. The predicted molar refractivity (Wildman–Crippen MR) is 80.4 cm³/mol. The topological polar surface area (TPSA) is 78.4 Å². The minimum Gasteiger partial charge on any atom is -0.480 e. The Morgan fingerprint density at radius 3 is 2.48 bits per heavy atom. The molecule has 5 nitrogen and oxygen atoms in total. The normalized spacial score (nSPS) is 18.0.